The fourth-order valence-corrected chi connectivity index (χ4v) is 2.49. The van der Waals surface area contributed by atoms with Gasteiger partial charge in [0.05, 0.1) is 6.10 Å². The Hall–Kier alpha value is -0.0800. The van der Waals surface area contributed by atoms with E-state index in [4.69, 9.17) is 4.74 Å². The minimum Gasteiger partial charge on any atom is -0.378 e. The summed E-state index contributed by atoms with van der Waals surface area (Å²) in [6.07, 6.45) is 7.42. The van der Waals surface area contributed by atoms with Crippen molar-refractivity contribution in [2.24, 2.45) is 0 Å². The summed E-state index contributed by atoms with van der Waals surface area (Å²) in [4.78, 5) is 2.67. The minimum absolute atomic E-state index is 0.580. The van der Waals surface area contributed by atoms with Crippen LogP contribution in [0.15, 0.2) is 0 Å². The van der Waals surface area contributed by atoms with Gasteiger partial charge in [0.25, 0.3) is 0 Å². The summed E-state index contributed by atoms with van der Waals surface area (Å²) in [5, 5.41) is 0. The first-order chi connectivity index (χ1) is 6.40. The molecule has 2 nitrogen and oxygen atoms in total. The zero-order valence-corrected chi connectivity index (χ0v) is 8.67. The smallest absolute Gasteiger partial charge is 0.0604 e. The molecule has 0 atom stereocenters. The van der Waals surface area contributed by atoms with E-state index in [1.807, 2.05) is 0 Å². The molecule has 0 radical (unpaired) electrons. The van der Waals surface area contributed by atoms with Crippen LogP contribution >= 0.6 is 0 Å². The first-order valence-corrected chi connectivity index (χ1v) is 5.76. The van der Waals surface area contributed by atoms with Gasteiger partial charge in [-0.05, 0) is 45.7 Å². The molecule has 0 amide bonds. The highest BCUT2D eigenvalue weighted by Crippen LogP contribution is 2.30. The van der Waals surface area contributed by atoms with Crippen molar-refractivity contribution in [3.63, 3.8) is 0 Å². The molecule has 1 aliphatic heterocycles. The molecular formula is C11H21NO. The van der Waals surface area contributed by atoms with Gasteiger partial charge in [0.15, 0.2) is 0 Å². The number of piperidine rings is 1. The van der Waals surface area contributed by atoms with E-state index in [1.54, 1.807) is 0 Å². The second-order valence-electron chi connectivity index (χ2n) is 4.30. The lowest BCUT2D eigenvalue weighted by atomic mass is 9.86. The Kier molecular flexibility index (Phi) is 3.23. The fourth-order valence-electron chi connectivity index (χ4n) is 2.49. The van der Waals surface area contributed by atoms with Crippen molar-refractivity contribution < 1.29 is 4.74 Å². The van der Waals surface area contributed by atoms with E-state index in [0.29, 0.717) is 6.10 Å². The molecule has 2 heteroatoms. The van der Waals surface area contributed by atoms with Gasteiger partial charge in [0, 0.05) is 12.6 Å². The zero-order chi connectivity index (χ0) is 9.10. The summed E-state index contributed by atoms with van der Waals surface area (Å²) < 4.78 is 5.57. The number of hydrogen-bond acceptors (Lipinski definition) is 2. The third-order valence-electron chi connectivity index (χ3n) is 3.38. The standard InChI is InChI=1S/C11H21NO/c1-2-13-11-8-10(9-11)12-6-4-3-5-7-12/h10-11H,2-9H2,1H3. The van der Waals surface area contributed by atoms with E-state index in [9.17, 15) is 0 Å². The largest absolute Gasteiger partial charge is 0.378 e. The van der Waals surface area contributed by atoms with Crippen molar-refractivity contribution in [1.82, 2.24) is 4.90 Å². The van der Waals surface area contributed by atoms with Crippen LogP contribution in [0.3, 0.4) is 0 Å². The molecule has 0 spiro atoms. The van der Waals surface area contributed by atoms with Crippen LogP contribution in [0, 0.1) is 0 Å². The van der Waals surface area contributed by atoms with Gasteiger partial charge in [-0.15, -0.1) is 0 Å². The van der Waals surface area contributed by atoms with E-state index in [2.05, 4.69) is 11.8 Å². The van der Waals surface area contributed by atoms with Gasteiger partial charge in [0.2, 0.25) is 0 Å². The van der Waals surface area contributed by atoms with Gasteiger partial charge in [-0.2, -0.15) is 0 Å². The van der Waals surface area contributed by atoms with E-state index in [0.717, 1.165) is 12.6 Å². The Bertz CT molecular complexity index is 148. The van der Waals surface area contributed by atoms with Crippen molar-refractivity contribution in [2.45, 2.75) is 51.2 Å². The fraction of sp³-hybridized carbons (Fsp3) is 1.00. The highest BCUT2D eigenvalue weighted by molar-refractivity contribution is 4.89. The van der Waals surface area contributed by atoms with Crippen LogP contribution in [0.25, 0.3) is 0 Å². The van der Waals surface area contributed by atoms with Crippen LogP contribution in [0.1, 0.15) is 39.0 Å². The highest BCUT2D eigenvalue weighted by atomic mass is 16.5. The lowest BCUT2D eigenvalue weighted by Crippen LogP contribution is -2.49. The molecule has 0 aromatic rings. The van der Waals surface area contributed by atoms with E-state index in [1.165, 1.54) is 45.2 Å². The predicted octanol–water partition coefficient (Wildman–Crippen LogP) is 2.04. The first kappa shape index (κ1) is 9.47. The van der Waals surface area contributed by atoms with E-state index >= 15 is 0 Å². The molecule has 1 saturated carbocycles. The summed E-state index contributed by atoms with van der Waals surface area (Å²) in [5.74, 6) is 0. The number of rotatable bonds is 3. The summed E-state index contributed by atoms with van der Waals surface area (Å²) >= 11 is 0. The summed E-state index contributed by atoms with van der Waals surface area (Å²) in [6.45, 7) is 5.65. The quantitative estimate of drug-likeness (QED) is 0.664. The Balaban J connectivity index is 1.66. The molecule has 0 aromatic heterocycles. The maximum atomic E-state index is 5.57. The monoisotopic (exact) mass is 183 g/mol. The number of likely N-dealkylation sites (tertiary alicyclic amines) is 1. The Labute approximate surface area is 81.3 Å². The molecule has 2 fully saturated rings. The Morgan fingerprint density at radius 2 is 1.85 bits per heavy atom. The van der Waals surface area contributed by atoms with Crippen molar-refractivity contribution in [3.8, 4) is 0 Å². The molecule has 13 heavy (non-hydrogen) atoms. The molecule has 1 aliphatic carbocycles. The van der Waals surface area contributed by atoms with Gasteiger partial charge < -0.3 is 9.64 Å². The maximum Gasteiger partial charge on any atom is 0.0604 e. The Morgan fingerprint density at radius 3 is 2.46 bits per heavy atom. The van der Waals surface area contributed by atoms with Gasteiger partial charge in [-0.25, -0.2) is 0 Å². The Morgan fingerprint density at radius 1 is 1.15 bits per heavy atom. The lowest BCUT2D eigenvalue weighted by Gasteiger charge is -2.44. The van der Waals surface area contributed by atoms with Crippen LogP contribution in [-0.2, 0) is 4.74 Å². The number of nitrogens with zero attached hydrogens (tertiary/aromatic N) is 1. The van der Waals surface area contributed by atoms with Crippen LogP contribution < -0.4 is 0 Å². The van der Waals surface area contributed by atoms with Gasteiger partial charge >= 0.3 is 0 Å². The lowest BCUT2D eigenvalue weighted by molar-refractivity contribution is -0.0502. The third-order valence-corrected chi connectivity index (χ3v) is 3.38. The molecule has 0 unspecified atom stereocenters. The maximum absolute atomic E-state index is 5.57. The number of ether oxygens (including phenoxy) is 1. The van der Waals surface area contributed by atoms with Crippen molar-refractivity contribution in [2.75, 3.05) is 19.7 Å². The highest BCUT2D eigenvalue weighted by Gasteiger charge is 2.34. The molecule has 0 N–H and O–H groups in total. The van der Waals surface area contributed by atoms with Gasteiger partial charge in [-0.1, -0.05) is 6.42 Å². The first-order valence-electron chi connectivity index (χ1n) is 5.76. The normalized spacial score (nSPS) is 35.8. The number of hydrogen-bond donors (Lipinski definition) is 0. The van der Waals surface area contributed by atoms with Crippen LogP contribution in [-0.4, -0.2) is 36.7 Å². The molecule has 2 rings (SSSR count). The second-order valence-corrected chi connectivity index (χ2v) is 4.30. The van der Waals surface area contributed by atoms with E-state index < -0.39 is 0 Å². The SMILES string of the molecule is CCOC1CC(N2CCCCC2)C1. The molecule has 76 valence electrons. The zero-order valence-electron chi connectivity index (χ0n) is 8.67. The third kappa shape index (κ3) is 2.23. The van der Waals surface area contributed by atoms with Crippen molar-refractivity contribution in [1.29, 1.82) is 0 Å². The second kappa shape index (κ2) is 4.43. The summed E-state index contributed by atoms with van der Waals surface area (Å²) in [5.41, 5.74) is 0. The van der Waals surface area contributed by atoms with Gasteiger partial charge in [0.1, 0.15) is 0 Å². The summed E-state index contributed by atoms with van der Waals surface area (Å²) in [6, 6.07) is 0.858. The average molecular weight is 183 g/mol. The van der Waals surface area contributed by atoms with E-state index in [-0.39, 0.29) is 0 Å². The summed E-state index contributed by atoms with van der Waals surface area (Å²) in [7, 11) is 0. The average Bonchev–Trinajstić information content (AvgIpc) is 2.12. The van der Waals surface area contributed by atoms with Gasteiger partial charge in [-0.3, -0.25) is 0 Å². The minimum atomic E-state index is 0.580. The van der Waals surface area contributed by atoms with Crippen LogP contribution in [0.2, 0.25) is 0 Å². The molecular weight excluding hydrogens is 162 g/mol. The molecule has 1 saturated heterocycles. The molecule has 1 heterocycles. The van der Waals surface area contributed by atoms with Crippen LogP contribution in [0.4, 0.5) is 0 Å². The van der Waals surface area contributed by atoms with Crippen molar-refractivity contribution in [3.05, 3.63) is 0 Å². The predicted molar refractivity (Wildman–Crippen MR) is 53.9 cm³/mol. The molecule has 0 aromatic carbocycles. The molecule has 0 bridgehead atoms. The topological polar surface area (TPSA) is 12.5 Å². The van der Waals surface area contributed by atoms with Crippen LogP contribution in [0.5, 0.6) is 0 Å². The van der Waals surface area contributed by atoms with Crippen molar-refractivity contribution >= 4 is 0 Å². The molecule has 2 aliphatic rings.